The highest BCUT2D eigenvalue weighted by Crippen LogP contribution is 2.17. The van der Waals surface area contributed by atoms with Gasteiger partial charge in [-0.2, -0.15) is 0 Å². The number of aryl methyl sites for hydroxylation is 1. The van der Waals surface area contributed by atoms with Gasteiger partial charge >= 0.3 is 6.03 Å². The van der Waals surface area contributed by atoms with Crippen molar-refractivity contribution in [3.63, 3.8) is 0 Å². The van der Waals surface area contributed by atoms with Crippen LogP contribution in [0, 0.1) is 0 Å². The van der Waals surface area contributed by atoms with Crippen LogP contribution < -0.4 is 10.6 Å². The zero-order valence-corrected chi connectivity index (χ0v) is 15.2. The van der Waals surface area contributed by atoms with Crippen LogP contribution in [0.15, 0.2) is 54.6 Å². The molecule has 0 bridgehead atoms. The number of rotatable bonds is 8. The first kappa shape index (κ1) is 18.0. The Morgan fingerprint density at radius 3 is 2.65 bits per heavy atom. The first-order valence-electron chi connectivity index (χ1n) is 9.29. The van der Waals surface area contributed by atoms with Gasteiger partial charge in [-0.15, -0.1) is 0 Å². The molecule has 3 rings (SSSR count). The minimum atomic E-state index is -0.114. The van der Waals surface area contributed by atoms with Gasteiger partial charge in [-0.05, 0) is 30.5 Å². The average Bonchev–Trinajstić information content (AvgIpc) is 3.08. The number of nitrogens with one attached hydrogen (secondary N) is 3. The summed E-state index contributed by atoms with van der Waals surface area (Å²) in [6.07, 6.45) is 3.60. The summed E-state index contributed by atoms with van der Waals surface area (Å²) in [5.41, 5.74) is 3.18. The van der Waals surface area contributed by atoms with E-state index < -0.39 is 0 Å². The number of hydrogen-bond donors (Lipinski definition) is 3. The lowest BCUT2D eigenvalue weighted by Crippen LogP contribution is -2.38. The molecule has 5 heteroatoms. The monoisotopic (exact) mass is 350 g/mol. The molecule has 2 aromatic carbocycles. The van der Waals surface area contributed by atoms with Crippen molar-refractivity contribution in [2.45, 2.75) is 38.6 Å². The highest BCUT2D eigenvalue weighted by molar-refractivity contribution is 5.75. The smallest absolute Gasteiger partial charge is 0.315 e. The second kappa shape index (κ2) is 9.04. The molecule has 0 saturated heterocycles. The Balaban J connectivity index is 1.44. The molecule has 0 spiro atoms. The molecule has 26 heavy (non-hydrogen) atoms. The second-order valence-electron chi connectivity index (χ2n) is 6.46. The Kier molecular flexibility index (Phi) is 6.25. The minimum Gasteiger partial charge on any atom is -0.342 e. The molecule has 1 atom stereocenters. The van der Waals surface area contributed by atoms with Crippen molar-refractivity contribution in [1.29, 1.82) is 0 Å². The predicted octanol–water partition coefficient (Wildman–Crippen LogP) is 4.34. The number of imidazole rings is 1. The Labute approximate surface area is 154 Å². The van der Waals surface area contributed by atoms with Crippen molar-refractivity contribution in [3.8, 4) is 0 Å². The zero-order valence-electron chi connectivity index (χ0n) is 15.2. The van der Waals surface area contributed by atoms with E-state index in [1.54, 1.807) is 0 Å². The number of aromatic nitrogens is 2. The van der Waals surface area contributed by atoms with Crippen LogP contribution in [0.5, 0.6) is 0 Å². The van der Waals surface area contributed by atoms with Gasteiger partial charge in [-0.25, -0.2) is 9.78 Å². The van der Waals surface area contributed by atoms with Gasteiger partial charge in [0.1, 0.15) is 5.82 Å². The summed E-state index contributed by atoms with van der Waals surface area (Å²) >= 11 is 0. The van der Waals surface area contributed by atoms with Crippen LogP contribution >= 0.6 is 0 Å². The number of fused-ring (bicyclic) bond motifs is 1. The number of carbonyl (C=O) groups excluding carboxylic acids is 1. The van der Waals surface area contributed by atoms with E-state index in [-0.39, 0.29) is 12.1 Å². The van der Waals surface area contributed by atoms with E-state index in [0.717, 1.165) is 48.1 Å². The molecular weight excluding hydrogens is 324 g/mol. The van der Waals surface area contributed by atoms with Crippen LogP contribution in [0.4, 0.5) is 4.79 Å². The molecule has 0 fully saturated rings. The van der Waals surface area contributed by atoms with E-state index in [1.165, 1.54) is 0 Å². The van der Waals surface area contributed by atoms with E-state index in [2.05, 4.69) is 39.7 Å². The number of urea groups is 1. The summed E-state index contributed by atoms with van der Waals surface area (Å²) in [7, 11) is 0. The lowest BCUT2D eigenvalue weighted by molar-refractivity contribution is 0.236. The lowest BCUT2D eigenvalue weighted by Gasteiger charge is -2.19. The van der Waals surface area contributed by atoms with E-state index >= 15 is 0 Å². The van der Waals surface area contributed by atoms with Gasteiger partial charge in [-0.3, -0.25) is 0 Å². The first-order chi connectivity index (χ1) is 12.8. The second-order valence-corrected chi connectivity index (χ2v) is 6.46. The van der Waals surface area contributed by atoms with Gasteiger partial charge in [0.25, 0.3) is 0 Å². The first-order valence-corrected chi connectivity index (χ1v) is 9.29. The van der Waals surface area contributed by atoms with Gasteiger partial charge < -0.3 is 15.6 Å². The molecule has 0 radical (unpaired) electrons. The quantitative estimate of drug-likeness (QED) is 0.529. The standard InChI is InChI=1S/C21H26N4O/c1-2-9-17(16-10-4-3-5-11-16)25-21(26)22-15-8-14-20-23-18-12-6-7-13-19(18)24-20/h3-7,10-13,17H,2,8-9,14-15H2,1H3,(H,23,24)(H2,22,25,26). The van der Waals surface area contributed by atoms with Crippen molar-refractivity contribution in [2.75, 3.05) is 6.54 Å². The minimum absolute atomic E-state index is 0.0524. The number of amides is 2. The average molecular weight is 350 g/mol. The third kappa shape index (κ3) is 4.85. The zero-order chi connectivity index (χ0) is 18.2. The number of para-hydroxylation sites is 2. The molecule has 1 aromatic heterocycles. The number of hydrogen-bond acceptors (Lipinski definition) is 2. The van der Waals surface area contributed by atoms with Crippen molar-refractivity contribution >= 4 is 17.1 Å². The molecule has 3 aromatic rings. The Hall–Kier alpha value is -2.82. The van der Waals surface area contributed by atoms with E-state index in [1.807, 2.05) is 42.5 Å². The molecule has 3 N–H and O–H groups in total. The number of nitrogens with zero attached hydrogens (tertiary/aromatic N) is 1. The highest BCUT2D eigenvalue weighted by Gasteiger charge is 2.13. The largest absolute Gasteiger partial charge is 0.342 e. The van der Waals surface area contributed by atoms with Crippen LogP contribution in [0.25, 0.3) is 11.0 Å². The highest BCUT2D eigenvalue weighted by atomic mass is 16.2. The van der Waals surface area contributed by atoms with Crippen molar-refractivity contribution < 1.29 is 4.79 Å². The maximum absolute atomic E-state index is 12.2. The van der Waals surface area contributed by atoms with Crippen molar-refractivity contribution in [1.82, 2.24) is 20.6 Å². The molecular formula is C21H26N4O. The fourth-order valence-corrected chi connectivity index (χ4v) is 3.09. The maximum Gasteiger partial charge on any atom is 0.315 e. The number of H-pyrrole nitrogens is 1. The molecule has 5 nitrogen and oxygen atoms in total. The maximum atomic E-state index is 12.2. The van der Waals surface area contributed by atoms with Crippen LogP contribution in [0.3, 0.4) is 0 Å². The molecule has 1 unspecified atom stereocenters. The van der Waals surface area contributed by atoms with Gasteiger partial charge in [0.2, 0.25) is 0 Å². The molecule has 0 aliphatic carbocycles. The molecule has 1 heterocycles. The third-order valence-electron chi connectivity index (χ3n) is 4.40. The summed E-state index contributed by atoms with van der Waals surface area (Å²) in [6, 6.07) is 18.1. The van der Waals surface area contributed by atoms with Crippen LogP contribution in [0.2, 0.25) is 0 Å². The molecule has 2 amide bonds. The van der Waals surface area contributed by atoms with Crippen LogP contribution in [-0.2, 0) is 6.42 Å². The molecule has 136 valence electrons. The van der Waals surface area contributed by atoms with Gasteiger partial charge in [0, 0.05) is 13.0 Å². The summed E-state index contributed by atoms with van der Waals surface area (Å²) in [5, 5.41) is 6.03. The summed E-state index contributed by atoms with van der Waals surface area (Å²) in [4.78, 5) is 20.1. The van der Waals surface area contributed by atoms with Gasteiger partial charge in [0.05, 0.1) is 17.1 Å². The summed E-state index contributed by atoms with van der Waals surface area (Å²) in [5.74, 6) is 0.960. The van der Waals surface area contributed by atoms with Gasteiger partial charge in [-0.1, -0.05) is 55.8 Å². The van der Waals surface area contributed by atoms with Crippen molar-refractivity contribution in [3.05, 3.63) is 66.0 Å². The van der Waals surface area contributed by atoms with Crippen LogP contribution in [-0.4, -0.2) is 22.5 Å². The fraction of sp³-hybridized carbons (Fsp3) is 0.333. The number of carbonyl (C=O) groups is 1. The fourth-order valence-electron chi connectivity index (χ4n) is 3.09. The van der Waals surface area contributed by atoms with E-state index in [0.29, 0.717) is 6.54 Å². The lowest BCUT2D eigenvalue weighted by atomic mass is 10.0. The molecule has 0 aliphatic heterocycles. The Morgan fingerprint density at radius 1 is 1.12 bits per heavy atom. The van der Waals surface area contributed by atoms with Crippen LogP contribution in [0.1, 0.15) is 43.6 Å². The predicted molar refractivity (Wildman–Crippen MR) is 105 cm³/mol. The van der Waals surface area contributed by atoms with Crippen molar-refractivity contribution in [2.24, 2.45) is 0 Å². The number of aromatic amines is 1. The summed E-state index contributed by atoms with van der Waals surface area (Å²) in [6.45, 7) is 2.75. The van der Waals surface area contributed by atoms with Gasteiger partial charge in [0.15, 0.2) is 0 Å². The normalized spacial score (nSPS) is 12.0. The topological polar surface area (TPSA) is 69.8 Å². The Morgan fingerprint density at radius 2 is 1.88 bits per heavy atom. The van der Waals surface area contributed by atoms with E-state index in [9.17, 15) is 4.79 Å². The summed E-state index contributed by atoms with van der Waals surface area (Å²) < 4.78 is 0. The number of benzene rings is 2. The Bertz CT molecular complexity index is 795. The molecule has 0 saturated carbocycles. The molecule has 0 aliphatic rings. The third-order valence-corrected chi connectivity index (χ3v) is 4.40. The SMILES string of the molecule is CCCC(NC(=O)NCCCc1nc2ccccc2[nH]1)c1ccccc1. The van der Waals surface area contributed by atoms with E-state index in [4.69, 9.17) is 0 Å².